The molecule has 0 bridgehead atoms. The van der Waals surface area contributed by atoms with E-state index < -0.39 is 5.54 Å². The number of carbonyl (C=O) groups is 1. The van der Waals surface area contributed by atoms with Gasteiger partial charge < -0.3 is 16.0 Å². The molecule has 0 heterocycles. The van der Waals surface area contributed by atoms with Crippen LogP contribution in [0.1, 0.15) is 20.3 Å². The zero-order valence-electron chi connectivity index (χ0n) is 9.05. The molecule has 0 spiro atoms. The Bertz CT molecular complexity index is 172. The van der Waals surface area contributed by atoms with Crippen LogP contribution in [0.4, 0.5) is 0 Å². The van der Waals surface area contributed by atoms with Gasteiger partial charge in [0.2, 0.25) is 5.91 Å². The van der Waals surface area contributed by atoms with Gasteiger partial charge in [-0.25, -0.2) is 0 Å². The van der Waals surface area contributed by atoms with Gasteiger partial charge in [-0.05, 0) is 34.0 Å². The third-order valence-electron chi connectivity index (χ3n) is 2.29. The van der Waals surface area contributed by atoms with Crippen molar-refractivity contribution in [3.8, 4) is 0 Å². The second-order valence-corrected chi connectivity index (χ2v) is 3.68. The van der Waals surface area contributed by atoms with E-state index in [9.17, 15) is 4.79 Å². The van der Waals surface area contributed by atoms with E-state index in [0.717, 1.165) is 13.0 Å². The van der Waals surface area contributed by atoms with Crippen LogP contribution >= 0.6 is 0 Å². The molecule has 4 nitrogen and oxygen atoms in total. The molecule has 0 aromatic heterocycles. The van der Waals surface area contributed by atoms with Crippen LogP contribution in [0.25, 0.3) is 0 Å². The van der Waals surface area contributed by atoms with Gasteiger partial charge in [-0.3, -0.25) is 4.79 Å². The molecule has 0 fully saturated rings. The molecule has 0 saturated heterocycles. The van der Waals surface area contributed by atoms with E-state index in [4.69, 9.17) is 5.73 Å². The number of nitrogens with two attached hydrogens (primary N) is 1. The Labute approximate surface area is 80.5 Å². The Morgan fingerprint density at radius 1 is 1.62 bits per heavy atom. The number of amides is 1. The van der Waals surface area contributed by atoms with Gasteiger partial charge in [0.05, 0.1) is 0 Å². The van der Waals surface area contributed by atoms with Crippen molar-refractivity contribution in [1.82, 2.24) is 10.2 Å². The maximum absolute atomic E-state index is 11.1. The van der Waals surface area contributed by atoms with Gasteiger partial charge >= 0.3 is 0 Å². The summed E-state index contributed by atoms with van der Waals surface area (Å²) < 4.78 is 0. The summed E-state index contributed by atoms with van der Waals surface area (Å²) in [5.74, 6) is -0.307. The van der Waals surface area contributed by atoms with Gasteiger partial charge in [0, 0.05) is 6.54 Å². The molecule has 0 aromatic rings. The van der Waals surface area contributed by atoms with Gasteiger partial charge in [-0.2, -0.15) is 0 Å². The van der Waals surface area contributed by atoms with Crippen LogP contribution in [-0.2, 0) is 4.79 Å². The van der Waals surface area contributed by atoms with E-state index in [1.54, 1.807) is 7.05 Å². The zero-order chi connectivity index (χ0) is 10.5. The van der Waals surface area contributed by atoms with Crippen molar-refractivity contribution in [3.63, 3.8) is 0 Å². The van der Waals surface area contributed by atoms with Crippen LogP contribution in [0.2, 0.25) is 0 Å². The molecule has 0 aliphatic rings. The lowest BCUT2D eigenvalue weighted by atomic mass is 10.0. The van der Waals surface area contributed by atoms with Gasteiger partial charge in [0.1, 0.15) is 5.54 Å². The summed E-state index contributed by atoms with van der Waals surface area (Å²) in [6, 6.07) is 0. The second-order valence-electron chi connectivity index (χ2n) is 3.68. The normalized spacial score (nSPS) is 15.8. The highest BCUT2D eigenvalue weighted by atomic mass is 16.1. The zero-order valence-corrected chi connectivity index (χ0v) is 9.05. The number of nitrogens with zero attached hydrogens (tertiary/aromatic N) is 1. The van der Waals surface area contributed by atoms with Crippen LogP contribution < -0.4 is 11.1 Å². The van der Waals surface area contributed by atoms with Crippen molar-refractivity contribution < 1.29 is 4.79 Å². The molecule has 0 radical (unpaired) electrons. The highest BCUT2D eigenvalue weighted by Gasteiger charge is 2.29. The molecule has 0 aliphatic heterocycles. The summed E-state index contributed by atoms with van der Waals surface area (Å²) in [7, 11) is 3.74. The van der Waals surface area contributed by atoms with Crippen molar-refractivity contribution in [3.05, 3.63) is 0 Å². The summed E-state index contributed by atoms with van der Waals surface area (Å²) >= 11 is 0. The molecule has 78 valence electrons. The number of hydrogen-bond donors (Lipinski definition) is 2. The minimum absolute atomic E-state index is 0.307. The number of rotatable bonds is 6. The molecule has 0 saturated carbocycles. The van der Waals surface area contributed by atoms with Gasteiger partial charge in [0.15, 0.2) is 0 Å². The Morgan fingerprint density at radius 3 is 2.46 bits per heavy atom. The minimum Gasteiger partial charge on any atom is -0.368 e. The number of nitrogens with one attached hydrogen (secondary N) is 1. The molecule has 1 amide bonds. The first-order valence-corrected chi connectivity index (χ1v) is 4.63. The van der Waals surface area contributed by atoms with Gasteiger partial charge in [-0.1, -0.05) is 6.92 Å². The molecule has 1 unspecified atom stereocenters. The van der Waals surface area contributed by atoms with Crippen molar-refractivity contribution in [2.45, 2.75) is 25.8 Å². The van der Waals surface area contributed by atoms with Crippen LogP contribution in [0.15, 0.2) is 0 Å². The minimum atomic E-state index is -0.621. The molecule has 3 N–H and O–H groups in total. The highest BCUT2D eigenvalue weighted by Crippen LogP contribution is 2.04. The fraction of sp³-hybridized carbons (Fsp3) is 0.889. The molecule has 0 aromatic carbocycles. The number of carbonyl (C=O) groups excluding carboxylic acids is 1. The summed E-state index contributed by atoms with van der Waals surface area (Å²) in [6.07, 6.45) is 1.08. The summed E-state index contributed by atoms with van der Waals surface area (Å²) in [4.78, 5) is 13.2. The summed E-state index contributed by atoms with van der Waals surface area (Å²) in [5, 5.41) is 2.95. The lowest BCUT2D eigenvalue weighted by Gasteiger charge is -2.30. The van der Waals surface area contributed by atoms with Gasteiger partial charge in [-0.15, -0.1) is 0 Å². The van der Waals surface area contributed by atoms with Crippen molar-refractivity contribution in [2.75, 3.05) is 27.2 Å². The number of primary amides is 1. The Balaban J connectivity index is 4.18. The van der Waals surface area contributed by atoms with Crippen molar-refractivity contribution >= 4 is 5.91 Å². The second kappa shape index (κ2) is 5.19. The van der Waals surface area contributed by atoms with E-state index in [1.807, 2.05) is 14.0 Å². The lowest BCUT2D eigenvalue weighted by molar-refractivity contribution is -0.124. The Morgan fingerprint density at radius 2 is 2.15 bits per heavy atom. The Hall–Kier alpha value is -0.610. The van der Waals surface area contributed by atoms with E-state index >= 15 is 0 Å². The number of hydrogen-bond acceptors (Lipinski definition) is 3. The SMILES string of the molecule is CCCN(C)CC(C)(NC)C(N)=O. The fourth-order valence-electron chi connectivity index (χ4n) is 1.28. The van der Waals surface area contributed by atoms with Crippen LogP contribution in [0, 0.1) is 0 Å². The molecule has 4 heteroatoms. The van der Waals surface area contributed by atoms with Crippen molar-refractivity contribution in [2.24, 2.45) is 5.73 Å². The maximum atomic E-state index is 11.1. The molecule has 1 atom stereocenters. The highest BCUT2D eigenvalue weighted by molar-refractivity contribution is 5.84. The molecule has 0 rings (SSSR count). The van der Waals surface area contributed by atoms with Crippen LogP contribution in [0.5, 0.6) is 0 Å². The molecular formula is C9H21N3O. The average molecular weight is 187 g/mol. The molecular weight excluding hydrogens is 166 g/mol. The maximum Gasteiger partial charge on any atom is 0.238 e. The standard InChI is InChI=1S/C9H21N3O/c1-5-6-12(4)7-9(2,11-3)8(10)13/h11H,5-7H2,1-4H3,(H2,10,13). The van der Waals surface area contributed by atoms with Crippen molar-refractivity contribution in [1.29, 1.82) is 0 Å². The predicted octanol–water partition coefficient (Wildman–Crippen LogP) is -0.208. The quantitative estimate of drug-likeness (QED) is 0.605. The largest absolute Gasteiger partial charge is 0.368 e. The van der Waals surface area contributed by atoms with E-state index in [0.29, 0.717) is 6.54 Å². The first-order chi connectivity index (χ1) is 5.96. The van der Waals surface area contributed by atoms with Crippen LogP contribution in [0.3, 0.4) is 0 Å². The summed E-state index contributed by atoms with van der Waals surface area (Å²) in [6.45, 7) is 5.55. The van der Waals surface area contributed by atoms with Gasteiger partial charge in [0.25, 0.3) is 0 Å². The van der Waals surface area contributed by atoms with Crippen LogP contribution in [-0.4, -0.2) is 43.5 Å². The van der Waals surface area contributed by atoms with E-state index in [2.05, 4.69) is 17.1 Å². The molecule has 0 aliphatic carbocycles. The smallest absolute Gasteiger partial charge is 0.238 e. The third kappa shape index (κ3) is 3.74. The first kappa shape index (κ1) is 12.4. The van der Waals surface area contributed by atoms with E-state index in [1.165, 1.54) is 0 Å². The monoisotopic (exact) mass is 187 g/mol. The average Bonchev–Trinajstić information content (AvgIpc) is 2.04. The van der Waals surface area contributed by atoms with E-state index in [-0.39, 0.29) is 5.91 Å². The third-order valence-corrected chi connectivity index (χ3v) is 2.29. The lowest BCUT2D eigenvalue weighted by Crippen LogP contribution is -2.57. The fourth-order valence-corrected chi connectivity index (χ4v) is 1.28. The Kier molecular flexibility index (Phi) is 4.95. The predicted molar refractivity (Wildman–Crippen MR) is 54.4 cm³/mol. The topological polar surface area (TPSA) is 58.4 Å². The molecule has 13 heavy (non-hydrogen) atoms. The first-order valence-electron chi connectivity index (χ1n) is 4.63. The summed E-state index contributed by atoms with van der Waals surface area (Å²) in [5.41, 5.74) is 4.68. The number of likely N-dealkylation sites (N-methyl/N-ethyl adjacent to an activating group) is 2.